The molecule has 0 saturated carbocycles. The molecule has 0 amide bonds. The van der Waals surface area contributed by atoms with Gasteiger partial charge in [-0.2, -0.15) is 0 Å². The van der Waals surface area contributed by atoms with E-state index >= 15 is 0 Å². The first-order chi connectivity index (χ1) is 10.1. The van der Waals surface area contributed by atoms with Gasteiger partial charge in [-0.05, 0) is 29.8 Å². The van der Waals surface area contributed by atoms with E-state index in [1.54, 1.807) is 29.0 Å². The number of hydrogen-bond acceptors (Lipinski definition) is 3. The van der Waals surface area contributed by atoms with Crippen molar-refractivity contribution in [3.63, 3.8) is 0 Å². The van der Waals surface area contributed by atoms with Crippen molar-refractivity contribution in [1.29, 1.82) is 0 Å². The van der Waals surface area contributed by atoms with Crippen LogP contribution in [0.25, 0.3) is 11.2 Å². The fraction of sp³-hybridized carbons (Fsp3) is 0.133. The molecule has 0 bridgehead atoms. The highest BCUT2D eigenvalue weighted by molar-refractivity contribution is 6.30. The Kier molecular flexibility index (Phi) is 3.58. The molecule has 2 aromatic heterocycles. The topological polar surface area (TPSA) is 68.0 Å². The van der Waals surface area contributed by atoms with Gasteiger partial charge >= 0.3 is 5.97 Å². The SMILES string of the molecule is O=C(O)Cn1c(Cc2ccc(Cl)cc2)nc2cccnc21. The molecule has 21 heavy (non-hydrogen) atoms. The van der Waals surface area contributed by atoms with Crippen molar-refractivity contribution in [2.45, 2.75) is 13.0 Å². The summed E-state index contributed by atoms with van der Waals surface area (Å²) in [7, 11) is 0. The average molecular weight is 302 g/mol. The van der Waals surface area contributed by atoms with E-state index in [1.807, 2.05) is 18.2 Å². The first kappa shape index (κ1) is 13.6. The molecule has 0 radical (unpaired) electrons. The van der Waals surface area contributed by atoms with Gasteiger partial charge in [0.1, 0.15) is 17.9 Å². The number of carboxylic acids is 1. The Labute approximate surface area is 125 Å². The Bertz CT molecular complexity index is 796. The zero-order chi connectivity index (χ0) is 14.8. The molecule has 2 heterocycles. The van der Waals surface area contributed by atoms with Crippen molar-refractivity contribution in [3.05, 3.63) is 59.0 Å². The van der Waals surface area contributed by atoms with Gasteiger partial charge in [-0.15, -0.1) is 0 Å². The fourth-order valence-electron chi connectivity index (χ4n) is 2.23. The molecular formula is C15H12ClN3O2. The van der Waals surface area contributed by atoms with Gasteiger partial charge in [0.05, 0.1) is 0 Å². The van der Waals surface area contributed by atoms with E-state index in [0.717, 1.165) is 5.56 Å². The highest BCUT2D eigenvalue weighted by atomic mass is 35.5. The van der Waals surface area contributed by atoms with Gasteiger partial charge in [-0.3, -0.25) is 4.79 Å². The summed E-state index contributed by atoms with van der Waals surface area (Å²) in [6, 6.07) is 11.0. The van der Waals surface area contributed by atoms with E-state index in [4.69, 9.17) is 16.7 Å². The second kappa shape index (κ2) is 5.54. The fourth-order valence-corrected chi connectivity index (χ4v) is 2.35. The number of fused-ring (bicyclic) bond motifs is 1. The third-order valence-electron chi connectivity index (χ3n) is 3.15. The van der Waals surface area contributed by atoms with Crippen LogP contribution in [0.1, 0.15) is 11.4 Å². The number of aliphatic carboxylic acids is 1. The van der Waals surface area contributed by atoms with Crippen molar-refractivity contribution in [2.24, 2.45) is 0 Å². The zero-order valence-electron chi connectivity index (χ0n) is 11.0. The molecule has 6 heteroatoms. The molecule has 1 N–H and O–H groups in total. The minimum atomic E-state index is -0.919. The summed E-state index contributed by atoms with van der Waals surface area (Å²) in [6.45, 7) is -0.156. The third kappa shape index (κ3) is 2.87. The van der Waals surface area contributed by atoms with Crippen LogP contribution in [0.15, 0.2) is 42.6 Å². The van der Waals surface area contributed by atoms with E-state index in [0.29, 0.717) is 28.4 Å². The van der Waals surface area contributed by atoms with E-state index < -0.39 is 5.97 Å². The van der Waals surface area contributed by atoms with Crippen molar-refractivity contribution in [3.8, 4) is 0 Å². The number of halogens is 1. The Balaban J connectivity index is 2.04. The smallest absolute Gasteiger partial charge is 0.323 e. The molecule has 0 fully saturated rings. The Hall–Kier alpha value is -2.40. The number of rotatable bonds is 4. The first-order valence-electron chi connectivity index (χ1n) is 6.40. The largest absolute Gasteiger partial charge is 0.480 e. The Morgan fingerprint density at radius 2 is 2.00 bits per heavy atom. The van der Waals surface area contributed by atoms with Crippen LogP contribution < -0.4 is 0 Å². The van der Waals surface area contributed by atoms with Crippen molar-refractivity contribution in [2.75, 3.05) is 0 Å². The average Bonchev–Trinajstić information content (AvgIpc) is 2.79. The molecule has 5 nitrogen and oxygen atoms in total. The minimum Gasteiger partial charge on any atom is -0.480 e. The first-order valence-corrected chi connectivity index (χ1v) is 6.77. The minimum absolute atomic E-state index is 0.156. The molecule has 3 rings (SSSR count). The van der Waals surface area contributed by atoms with Gasteiger partial charge in [-0.1, -0.05) is 23.7 Å². The van der Waals surface area contributed by atoms with Crippen LogP contribution in [0, 0.1) is 0 Å². The molecule has 0 aliphatic heterocycles. The number of carbonyl (C=O) groups is 1. The highest BCUT2D eigenvalue weighted by Crippen LogP contribution is 2.18. The molecule has 1 aromatic carbocycles. The van der Waals surface area contributed by atoms with Crippen molar-refractivity contribution < 1.29 is 9.90 Å². The van der Waals surface area contributed by atoms with Crippen LogP contribution >= 0.6 is 11.6 Å². The van der Waals surface area contributed by atoms with Gasteiger partial charge in [0.25, 0.3) is 0 Å². The third-order valence-corrected chi connectivity index (χ3v) is 3.40. The lowest BCUT2D eigenvalue weighted by Crippen LogP contribution is -2.12. The molecule has 3 aromatic rings. The van der Waals surface area contributed by atoms with Crippen LogP contribution in [0.4, 0.5) is 0 Å². The van der Waals surface area contributed by atoms with Crippen LogP contribution in [0.3, 0.4) is 0 Å². The number of benzene rings is 1. The van der Waals surface area contributed by atoms with Crippen LogP contribution in [0.2, 0.25) is 5.02 Å². The van der Waals surface area contributed by atoms with Crippen molar-refractivity contribution in [1.82, 2.24) is 14.5 Å². The Morgan fingerprint density at radius 3 is 2.71 bits per heavy atom. The van der Waals surface area contributed by atoms with Gasteiger partial charge in [-0.25, -0.2) is 9.97 Å². The summed E-state index contributed by atoms with van der Waals surface area (Å²) in [5.41, 5.74) is 2.30. The molecule has 106 valence electrons. The normalized spacial score (nSPS) is 10.9. The van der Waals surface area contributed by atoms with Crippen molar-refractivity contribution >= 4 is 28.7 Å². The van der Waals surface area contributed by atoms with Crippen LogP contribution in [0.5, 0.6) is 0 Å². The summed E-state index contributed by atoms with van der Waals surface area (Å²) < 4.78 is 1.63. The lowest BCUT2D eigenvalue weighted by atomic mass is 10.1. The molecule has 0 aliphatic rings. The summed E-state index contributed by atoms with van der Waals surface area (Å²) >= 11 is 5.87. The van der Waals surface area contributed by atoms with Gasteiger partial charge in [0.15, 0.2) is 5.65 Å². The molecule has 0 saturated heterocycles. The molecule has 0 spiro atoms. The number of aromatic nitrogens is 3. The molecular weight excluding hydrogens is 290 g/mol. The maximum absolute atomic E-state index is 11.1. The monoisotopic (exact) mass is 301 g/mol. The maximum Gasteiger partial charge on any atom is 0.323 e. The summed E-state index contributed by atoms with van der Waals surface area (Å²) in [4.78, 5) is 19.8. The molecule has 0 unspecified atom stereocenters. The lowest BCUT2D eigenvalue weighted by molar-refractivity contribution is -0.137. The predicted octanol–water partition coefficient (Wildman–Crippen LogP) is 2.76. The summed E-state index contributed by atoms with van der Waals surface area (Å²) in [6.07, 6.45) is 2.16. The van der Waals surface area contributed by atoms with Crippen LogP contribution in [-0.2, 0) is 17.8 Å². The number of pyridine rings is 1. The number of nitrogens with zero attached hydrogens (tertiary/aromatic N) is 3. The van der Waals surface area contributed by atoms with E-state index in [-0.39, 0.29) is 6.54 Å². The standard InChI is InChI=1S/C15H12ClN3O2/c16-11-5-3-10(4-6-11)8-13-18-12-2-1-7-17-15(12)19(13)9-14(20)21/h1-7H,8-9H2,(H,20,21). The van der Waals surface area contributed by atoms with Gasteiger partial charge in [0, 0.05) is 17.6 Å². The lowest BCUT2D eigenvalue weighted by Gasteiger charge is -2.06. The van der Waals surface area contributed by atoms with Gasteiger partial charge < -0.3 is 9.67 Å². The highest BCUT2D eigenvalue weighted by Gasteiger charge is 2.14. The van der Waals surface area contributed by atoms with E-state index in [1.165, 1.54) is 0 Å². The summed E-state index contributed by atoms with van der Waals surface area (Å²) in [5.74, 6) is -0.245. The molecule has 0 atom stereocenters. The number of carboxylic acid groups (broad SMARTS) is 1. The molecule has 0 aliphatic carbocycles. The number of imidazole rings is 1. The Morgan fingerprint density at radius 1 is 1.24 bits per heavy atom. The number of hydrogen-bond donors (Lipinski definition) is 1. The van der Waals surface area contributed by atoms with Crippen LogP contribution in [-0.4, -0.2) is 25.6 Å². The maximum atomic E-state index is 11.1. The van der Waals surface area contributed by atoms with E-state index in [2.05, 4.69) is 9.97 Å². The van der Waals surface area contributed by atoms with Gasteiger partial charge in [0.2, 0.25) is 0 Å². The zero-order valence-corrected chi connectivity index (χ0v) is 11.8. The second-order valence-corrected chi connectivity index (χ2v) is 5.09. The van der Waals surface area contributed by atoms with E-state index in [9.17, 15) is 4.79 Å². The summed E-state index contributed by atoms with van der Waals surface area (Å²) in [5, 5.41) is 9.74. The predicted molar refractivity (Wildman–Crippen MR) is 79.4 cm³/mol. The quantitative estimate of drug-likeness (QED) is 0.804. The second-order valence-electron chi connectivity index (χ2n) is 4.66.